The highest BCUT2D eigenvalue weighted by Gasteiger charge is 2.40. The fourth-order valence-electron chi connectivity index (χ4n) is 2.70. The number of ether oxygens (including phenoxy) is 1. The maximum atomic E-state index is 5.73. The van der Waals surface area contributed by atoms with Gasteiger partial charge in [-0.15, -0.1) is 0 Å². The monoisotopic (exact) mass is 323 g/mol. The van der Waals surface area contributed by atoms with E-state index in [0.717, 1.165) is 35.5 Å². The Kier molecular flexibility index (Phi) is 4.57. The second-order valence-electron chi connectivity index (χ2n) is 5.83. The SMILES string of the molecule is Brc1ccc(COCCNC(C2CC2)C2CC2)cc1. The predicted octanol–water partition coefficient (Wildman–Crippen LogP) is 3.74. The minimum Gasteiger partial charge on any atom is -0.375 e. The molecular formula is C16H22BrNO. The van der Waals surface area contributed by atoms with Crippen molar-refractivity contribution >= 4 is 15.9 Å². The third kappa shape index (κ3) is 4.30. The van der Waals surface area contributed by atoms with E-state index in [9.17, 15) is 0 Å². The van der Waals surface area contributed by atoms with E-state index in [0.29, 0.717) is 6.61 Å². The molecule has 0 saturated heterocycles. The summed E-state index contributed by atoms with van der Waals surface area (Å²) < 4.78 is 6.85. The van der Waals surface area contributed by atoms with E-state index >= 15 is 0 Å². The minimum atomic E-state index is 0.715. The van der Waals surface area contributed by atoms with Crippen LogP contribution in [-0.2, 0) is 11.3 Å². The normalized spacial score (nSPS) is 19.1. The third-order valence-electron chi connectivity index (χ3n) is 4.07. The molecule has 1 N–H and O–H groups in total. The summed E-state index contributed by atoms with van der Waals surface area (Å²) in [6.07, 6.45) is 5.75. The van der Waals surface area contributed by atoms with Gasteiger partial charge < -0.3 is 10.1 Å². The fraction of sp³-hybridized carbons (Fsp3) is 0.625. The van der Waals surface area contributed by atoms with E-state index in [1.807, 2.05) is 0 Å². The minimum absolute atomic E-state index is 0.715. The molecule has 0 aromatic heterocycles. The number of rotatable bonds is 8. The van der Waals surface area contributed by atoms with Crippen LogP contribution >= 0.6 is 15.9 Å². The van der Waals surface area contributed by atoms with E-state index in [2.05, 4.69) is 45.5 Å². The van der Waals surface area contributed by atoms with E-state index in [4.69, 9.17) is 4.74 Å². The maximum Gasteiger partial charge on any atom is 0.0717 e. The van der Waals surface area contributed by atoms with Gasteiger partial charge in [0, 0.05) is 17.1 Å². The molecule has 0 spiro atoms. The number of halogens is 1. The van der Waals surface area contributed by atoms with E-state index < -0.39 is 0 Å². The quantitative estimate of drug-likeness (QED) is 0.736. The molecule has 1 aromatic carbocycles. The van der Waals surface area contributed by atoms with Crippen LogP contribution in [0, 0.1) is 11.8 Å². The first-order valence-corrected chi connectivity index (χ1v) is 8.18. The summed E-state index contributed by atoms with van der Waals surface area (Å²) >= 11 is 3.44. The number of hydrogen-bond donors (Lipinski definition) is 1. The zero-order valence-electron chi connectivity index (χ0n) is 11.3. The second kappa shape index (κ2) is 6.38. The van der Waals surface area contributed by atoms with Gasteiger partial charge in [-0.25, -0.2) is 0 Å². The van der Waals surface area contributed by atoms with Gasteiger partial charge in [0.15, 0.2) is 0 Å². The molecule has 3 heteroatoms. The Bertz CT molecular complexity index is 386. The van der Waals surface area contributed by atoms with Crippen LogP contribution in [0.2, 0.25) is 0 Å². The van der Waals surface area contributed by atoms with Crippen molar-refractivity contribution in [3.05, 3.63) is 34.3 Å². The molecule has 104 valence electrons. The van der Waals surface area contributed by atoms with Gasteiger partial charge in [0.2, 0.25) is 0 Å². The lowest BCUT2D eigenvalue weighted by atomic mass is 10.1. The molecule has 3 rings (SSSR count). The van der Waals surface area contributed by atoms with Crippen LogP contribution in [0.5, 0.6) is 0 Å². The average Bonchev–Trinajstić information content (AvgIpc) is 3.28. The van der Waals surface area contributed by atoms with Gasteiger partial charge in [-0.2, -0.15) is 0 Å². The summed E-state index contributed by atoms with van der Waals surface area (Å²) in [5.41, 5.74) is 1.24. The molecule has 0 bridgehead atoms. The first-order valence-electron chi connectivity index (χ1n) is 7.38. The molecule has 0 aliphatic heterocycles. The molecule has 0 amide bonds. The van der Waals surface area contributed by atoms with Crippen LogP contribution in [0.4, 0.5) is 0 Å². The van der Waals surface area contributed by atoms with Crippen LogP contribution in [0.1, 0.15) is 31.2 Å². The van der Waals surface area contributed by atoms with Gasteiger partial charge in [0.05, 0.1) is 13.2 Å². The number of nitrogens with one attached hydrogen (secondary N) is 1. The summed E-state index contributed by atoms with van der Waals surface area (Å²) in [5, 5.41) is 3.71. The topological polar surface area (TPSA) is 21.3 Å². The summed E-state index contributed by atoms with van der Waals surface area (Å²) in [7, 11) is 0. The fourth-order valence-corrected chi connectivity index (χ4v) is 2.96. The van der Waals surface area contributed by atoms with Gasteiger partial charge in [-0.1, -0.05) is 28.1 Å². The molecule has 2 aliphatic carbocycles. The summed E-state index contributed by atoms with van der Waals surface area (Å²) in [6, 6.07) is 9.13. The Morgan fingerprint density at radius 2 is 1.74 bits per heavy atom. The van der Waals surface area contributed by atoms with Crippen LogP contribution in [-0.4, -0.2) is 19.2 Å². The number of benzene rings is 1. The highest BCUT2D eigenvalue weighted by molar-refractivity contribution is 9.10. The van der Waals surface area contributed by atoms with Gasteiger partial charge >= 0.3 is 0 Å². The van der Waals surface area contributed by atoms with Crippen molar-refractivity contribution in [3.8, 4) is 0 Å². The highest BCUT2D eigenvalue weighted by atomic mass is 79.9. The zero-order chi connectivity index (χ0) is 13.1. The molecule has 2 saturated carbocycles. The third-order valence-corrected chi connectivity index (χ3v) is 4.60. The Balaban J connectivity index is 1.31. The summed E-state index contributed by atoms with van der Waals surface area (Å²) in [5.74, 6) is 1.94. The predicted molar refractivity (Wildman–Crippen MR) is 81.0 cm³/mol. The van der Waals surface area contributed by atoms with E-state index in [1.165, 1.54) is 31.2 Å². The molecule has 0 radical (unpaired) electrons. The molecule has 2 nitrogen and oxygen atoms in total. The van der Waals surface area contributed by atoms with Crippen LogP contribution < -0.4 is 5.32 Å². The van der Waals surface area contributed by atoms with E-state index in [1.54, 1.807) is 0 Å². The molecule has 0 unspecified atom stereocenters. The molecule has 2 fully saturated rings. The van der Waals surface area contributed by atoms with Crippen LogP contribution in [0.15, 0.2) is 28.7 Å². The lowest BCUT2D eigenvalue weighted by molar-refractivity contribution is 0.119. The van der Waals surface area contributed by atoms with Crippen molar-refractivity contribution < 1.29 is 4.74 Å². The van der Waals surface area contributed by atoms with Crippen molar-refractivity contribution in [1.29, 1.82) is 0 Å². The van der Waals surface area contributed by atoms with E-state index in [-0.39, 0.29) is 0 Å². The largest absolute Gasteiger partial charge is 0.375 e. The molecule has 2 aliphatic rings. The number of hydrogen-bond acceptors (Lipinski definition) is 2. The Morgan fingerprint density at radius 3 is 2.32 bits per heavy atom. The lowest BCUT2D eigenvalue weighted by Crippen LogP contribution is -2.35. The van der Waals surface area contributed by atoms with Gasteiger partial charge in [0.25, 0.3) is 0 Å². The Morgan fingerprint density at radius 1 is 1.11 bits per heavy atom. The van der Waals surface area contributed by atoms with Gasteiger partial charge in [-0.05, 0) is 55.2 Å². The van der Waals surface area contributed by atoms with Gasteiger partial charge in [0.1, 0.15) is 0 Å². The Hall–Kier alpha value is -0.380. The first-order chi connectivity index (χ1) is 9.33. The second-order valence-corrected chi connectivity index (χ2v) is 6.75. The van der Waals surface area contributed by atoms with Crippen LogP contribution in [0.3, 0.4) is 0 Å². The van der Waals surface area contributed by atoms with Crippen molar-refractivity contribution in [3.63, 3.8) is 0 Å². The molecular weight excluding hydrogens is 302 g/mol. The average molecular weight is 324 g/mol. The standard InChI is InChI=1S/C16H22BrNO/c17-15-7-1-12(2-8-15)11-19-10-9-18-16(13-3-4-13)14-5-6-14/h1-2,7-8,13-14,16,18H,3-6,9-11H2. The van der Waals surface area contributed by atoms with Gasteiger partial charge in [-0.3, -0.25) is 0 Å². The Labute approximate surface area is 124 Å². The maximum absolute atomic E-state index is 5.73. The smallest absolute Gasteiger partial charge is 0.0717 e. The van der Waals surface area contributed by atoms with Crippen molar-refractivity contribution in [1.82, 2.24) is 5.32 Å². The molecule has 1 aromatic rings. The highest BCUT2D eigenvalue weighted by Crippen LogP contribution is 2.44. The molecule has 0 atom stereocenters. The summed E-state index contributed by atoms with van der Waals surface area (Å²) in [4.78, 5) is 0. The molecule has 0 heterocycles. The lowest BCUT2D eigenvalue weighted by Gasteiger charge is -2.17. The molecule has 19 heavy (non-hydrogen) atoms. The van der Waals surface area contributed by atoms with Crippen LogP contribution in [0.25, 0.3) is 0 Å². The summed E-state index contributed by atoms with van der Waals surface area (Å²) in [6.45, 7) is 2.52. The zero-order valence-corrected chi connectivity index (χ0v) is 12.9. The van der Waals surface area contributed by atoms with Crippen molar-refractivity contribution in [2.75, 3.05) is 13.2 Å². The van der Waals surface area contributed by atoms with Crippen molar-refractivity contribution in [2.45, 2.75) is 38.3 Å². The van der Waals surface area contributed by atoms with Crippen molar-refractivity contribution in [2.24, 2.45) is 11.8 Å². The first kappa shape index (κ1) is 13.6.